The van der Waals surface area contributed by atoms with Gasteiger partial charge in [-0.2, -0.15) is 0 Å². The standard InChI is InChI=1S/C8H13NO4/c9-6-2-1-4(7(10)11)3-5(6)8(12)13/h4-6H,1-3,9H2,(H,10,11)(H,12,13). The normalized spacial score (nSPS) is 34.1. The molecule has 74 valence electrons. The molecule has 0 amide bonds. The molecule has 1 saturated carbocycles. The molecule has 0 aliphatic heterocycles. The summed E-state index contributed by atoms with van der Waals surface area (Å²) in [5, 5.41) is 17.4. The maximum absolute atomic E-state index is 10.7. The number of nitrogens with two attached hydrogens (primary N) is 1. The van der Waals surface area contributed by atoms with Crippen molar-refractivity contribution in [3.8, 4) is 0 Å². The van der Waals surface area contributed by atoms with Gasteiger partial charge in [-0.1, -0.05) is 0 Å². The first-order valence-corrected chi connectivity index (χ1v) is 4.23. The highest BCUT2D eigenvalue weighted by Crippen LogP contribution is 2.28. The first kappa shape index (κ1) is 9.98. The molecular weight excluding hydrogens is 174 g/mol. The molecule has 3 unspecified atom stereocenters. The lowest BCUT2D eigenvalue weighted by Crippen LogP contribution is -2.42. The van der Waals surface area contributed by atoms with Crippen LogP contribution in [0.4, 0.5) is 0 Å². The number of hydrogen-bond donors (Lipinski definition) is 3. The molecule has 5 nitrogen and oxygen atoms in total. The van der Waals surface area contributed by atoms with E-state index in [1.165, 1.54) is 0 Å². The van der Waals surface area contributed by atoms with E-state index < -0.39 is 29.8 Å². The Morgan fingerprint density at radius 1 is 1.15 bits per heavy atom. The van der Waals surface area contributed by atoms with Crippen molar-refractivity contribution in [1.82, 2.24) is 0 Å². The van der Waals surface area contributed by atoms with Crippen LogP contribution in [0.2, 0.25) is 0 Å². The van der Waals surface area contributed by atoms with Gasteiger partial charge in [0.1, 0.15) is 0 Å². The van der Waals surface area contributed by atoms with E-state index in [9.17, 15) is 9.59 Å². The topological polar surface area (TPSA) is 101 Å². The van der Waals surface area contributed by atoms with Gasteiger partial charge in [-0.15, -0.1) is 0 Å². The fourth-order valence-corrected chi connectivity index (χ4v) is 1.70. The second-order valence-corrected chi connectivity index (χ2v) is 3.46. The monoisotopic (exact) mass is 187 g/mol. The molecule has 0 aromatic rings. The van der Waals surface area contributed by atoms with Crippen LogP contribution < -0.4 is 5.73 Å². The summed E-state index contributed by atoms with van der Waals surface area (Å²) in [6.45, 7) is 0. The van der Waals surface area contributed by atoms with Crippen molar-refractivity contribution in [2.24, 2.45) is 17.6 Å². The number of carboxylic acids is 2. The van der Waals surface area contributed by atoms with Crippen molar-refractivity contribution in [3.05, 3.63) is 0 Å². The molecule has 3 atom stereocenters. The van der Waals surface area contributed by atoms with E-state index >= 15 is 0 Å². The zero-order valence-corrected chi connectivity index (χ0v) is 7.14. The lowest BCUT2D eigenvalue weighted by Gasteiger charge is -2.29. The predicted molar refractivity (Wildman–Crippen MR) is 44.1 cm³/mol. The van der Waals surface area contributed by atoms with Crippen molar-refractivity contribution < 1.29 is 19.8 Å². The average molecular weight is 187 g/mol. The third-order valence-corrected chi connectivity index (χ3v) is 2.57. The van der Waals surface area contributed by atoms with E-state index in [0.29, 0.717) is 12.8 Å². The summed E-state index contributed by atoms with van der Waals surface area (Å²) >= 11 is 0. The van der Waals surface area contributed by atoms with Gasteiger partial charge < -0.3 is 15.9 Å². The van der Waals surface area contributed by atoms with Gasteiger partial charge in [-0.3, -0.25) is 9.59 Å². The molecule has 1 aliphatic rings. The maximum Gasteiger partial charge on any atom is 0.308 e. The summed E-state index contributed by atoms with van der Waals surface area (Å²) in [5.41, 5.74) is 5.57. The van der Waals surface area contributed by atoms with Gasteiger partial charge in [0, 0.05) is 6.04 Å². The van der Waals surface area contributed by atoms with Crippen molar-refractivity contribution >= 4 is 11.9 Å². The summed E-state index contributed by atoms with van der Waals surface area (Å²) in [6, 6.07) is -0.395. The molecule has 1 fully saturated rings. The summed E-state index contributed by atoms with van der Waals surface area (Å²) in [4.78, 5) is 21.3. The van der Waals surface area contributed by atoms with Crippen LogP contribution >= 0.6 is 0 Å². The van der Waals surface area contributed by atoms with E-state index in [-0.39, 0.29) is 6.42 Å². The summed E-state index contributed by atoms with van der Waals surface area (Å²) in [5.74, 6) is -3.15. The maximum atomic E-state index is 10.7. The zero-order valence-electron chi connectivity index (χ0n) is 7.14. The molecule has 0 bridgehead atoms. The summed E-state index contributed by atoms with van der Waals surface area (Å²) in [7, 11) is 0. The molecule has 0 aromatic carbocycles. The first-order chi connectivity index (χ1) is 6.02. The molecular formula is C8H13NO4. The first-order valence-electron chi connectivity index (χ1n) is 4.23. The van der Waals surface area contributed by atoms with Gasteiger partial charge in [0.2, 0.25) is 0 Å². The van der Waals surface area contributed by atoms with E-state index in [1.54, 1.807) is 0 Å². The Morgan fingerprint density at radius 2 is 1.77 bits per heavy atom. The van der Waals surface area contributed by atoms with E-state index in [1.807, 2.05) is 0 Å². The van der Waals surface area contributed by atoms with E-state index in [4.69, 9.17) is 15.9 Å². The highest BCUT2D eigenvalue weighted by molar-refractivity contribution is 5.74. The van der Waals surface area contributed by atoms with E-state index in [2.05, 4.69) is 0 Å². The van der Waals surface area contributed by atoms with Crippen molar-refractivity contribution in [2.75, 3.05) is 0 Å². The van der Waals surface area contributed by atoms with Gasteiger partial charge in [0.25, 0.3) is 0 Å². The molecule has 0 spiro atoms. The SMILES string of the molecule is NC1CCC(C(=O)O)CC1C(=O)O. The van der Waals surface area contributed by atoms with Gasteiger partial charge in [-0.05, 0) is 19.3 Å². The quantitative estimate of drug-likeness (QED) is 0.560. The van der Waals surface area contributed by atoms with Crippen LogP contribution in [0.1, 0.15) is 19.3 Å². The van der Waals surface area contributed by atoms with Crippen LogP contribution in [0.3, 0.4) is 0 Å². The largest absolute Gasteiger partial charge is 0.481 e. The Morgan fingerprint density at radius 3 is 2.23 bits per heavy atom. The Hall–Kier alpha value is -1.10. The fraction of sp³-hybridized carbons (Fsp3) is 0.750. The summed E-state index contributed by atoms with van der Waals surface area (Å²) in [6.07, 6.45) is 1.13. The minimum atomic E-state index is -0.988. The Kier molecular flexibility index (Phi) is 2.87. The lowest BCUT2D eigenvalue weighted by molar-refractivity contribution is -0.148. The molecule has 4 N–H and O–H groups in total. The third kappa shape index (κ3) is 2.18. The van der Waals surface area contributed by atoms with Crippen LogP contribution in [0.25, 0.3) is 0 Å². The van der Waals surface area contributed by atoms with Crippen molar-refractivity contribution in [3.63, 3.8) is 0 Å². The minimum absolute atomic E-state index is 0.159. The van der Waals surface area contributed by atoms with Crippen LogP contribution in [0.15, 0.2) is 0 Å². The molecule has 1 aliphatic carbocycles. The number of aliphatic carboxylic acids is 2. The Bertz CT molecular complexity index is 228. The van der Waals surface area contributed by atoms with Gasteiger partial charge in [0.05, 0.1) is 11.8 Å². The van der Waals surface area contributed by atoms with Crippen LogP contribution in [-0.4, -0.2) is 28.2 Å². The Balaban J connectivity index is 2.63. The third-order valence-electron chi connectivity index (χ3n) is 2.57. The van der Waals surface area contributed by atoms with E-state index in [0.717, 1.165) is 0 Å². The zero-order chi connectivity index (χ0) is 10.0. The molecule has 0 radical (unpaired) electrons. The molecule has 0 aromatic heterocycles. The van der Waals surface area contributed by atoms with Crippen LogP contribution in [-0.2, 0) is 9.59 Å². The second kappa shape index (κ2) is 3.74. The molecule has 1 rings (SSSR count). The van der Waals surface area contributed by atoms with Crippen molar-refractivity contribution in [2.45, 2.75) is 25.3 Å². The number of rotatable bonds is 2. The smallest absolute Gasteiger partial charge is 0.308 e. The molecule has 13 heavy (non-hydrogen) atoms. The second-order valence-electron chi connectivity index (χ2n) is 3.46. The fourth-order valence-electron chi connectivity index (χ4n) is 1.70. The molecule has 5 heteroatoms. The predicted octanol–water partition coefficient (Wildman–Crippen LogP) is -0.101. The summed E-state index contributed by atoms with van der Waals surface area (Å²) < 4.78 is 0. The highest BCUT2D eigenvalue weighted by atomic mass is 16.4. The number of hydrogen-bond acceptors (Lipinski definition) is 3. The highest BCUT2D eigenvalue weighted by Gasteiger charge is 2.35. The molecule has 0 saturated heterocycles. The van der Waals surface area contributed by atoms with Gasteiger partial charge in [0.15, 0.2) is 0 Å². The Labute approximate surface area is 75.5 Å². The van der Waals surface area contributed by atoms with Crippen LogP contribution in [0.5, 0.6) is 0 Å². The molecule has 0 heterocycles. The minimum Gasteiger partial charge on any atom is -0.481 e. The van der Waals surface area contributed by atoms with Gasteiger partial charge >= 0.3 is 11.9 Å². The number of carbonyl (C=O) groups is 2. The van der Waals surface area contributed by atoms with Crippen LogP contribution in [0, 0.1) is 11.8 Å². The lowest BCUT2D eigenvalue weighted by atomic mass is 9.78. The van der Waals surface area contributed by atoms with Gasteiger partial charge in [-0.25, -0.2) is 0 Å². The average Bonchev–Trinajstić information content (AvgIpc) is 2.04. The number of carboxylic acid groups (broad SMARTS) is 2. The van der Waals surface area contributed by atoms with Crippen molar-refractivity contribution in [1.29, 1.82) is 0 Å².